The molecule has 1 atom stereocenters. The van der Waals surface area contributed by atoms with Gasteiger partial charge in [0, 0.05) is 34.7 Å². The highest BCUT2D eigenvalue weighted by atomic mass is 32.2. The van der Waals surface area contributed by atoms with Crippen LogP contribution >= 0.6 is 23.5 Å². The number of nitrogens with one attached hydrogen (secondary N) is 1. The second-order valence-electron chi connectivity index (χ2n) is 4.56. The van der Waals surface area contributed by atoms with Gasteiger partial charge in [0.05, 0.1) is 0 Å². The minimum atomic E-state index is -3.86. The molecule has 1 aliphatic rings. The highest BCUT2D eigenvalue weighted by molar-refractivity contribution is 8.06. The average Bonchev–Trinajstić information content (AvgIpc) is 2.42. The van der Waals surface area contributed by atoms with Gasteiger partial charge < -0.3 is 5.73 Å². The summed E-state index contributed by atoms with van der Waals surface area (Å²) in [5.74, 6) is 2.25. The first-order valence-corrected chi connectivity index (χ1v) is 9.83. The number of nitrogen functional groups attached to an aromatic ring is 1. The van der Waals surface area contributed by atoms with Crippen LogP contribution in [0.15, 0.2) is 17.0 Å². The Bertz CT molecular complexity index is 587. The fourth-order valence-electron chi connectivity index (χ4n) is 1.81. The van der Waals surface area contributed by atoms with Crippen LogP contribution in [0.3, 0.4) is 0 Å². The van der Waals surface area contributed by atoms with E-state index < -0.39 is 15.8 Å². The molecule has 0 saturated carbocycles. The van der Waals surface area contributed by atoms with Crippen molar-refractivity contribution < 1.29 is 12.8 Å². The molecule has 1 saturated heterocycles. The summed E-state index contributed by atoms with van der Waals surface area (Å²) < 4.78 is 40.6. The molecule has 0 spiro atoms. The zero-order valence-corrected chi connectivity index (χ0v) is 13.5. The molecule has 2 rings (SSSR count). The number of hydrogen-bond acceptors (Lipinski definition) is 5. The maximum atomic E-state index is 13.8. The van der Waals surface area contributed by atoms with E-state index in [2.05, 4.69) is 4.72 Å². The fraction of sp³-hybridized carbons (Fsp3) is 0.500. The van der Waals surface area contributed by atoms with Crippen LogP contribution in [0.25, 0.3) is 0 Å². The van der Waals surface area contributed by atoms with Crippen LogP contribution in [-0.4, -0.2) is 37.5 Å². The van der Waals surface area contributed by atoms with Crippen molar-refractivity contribution >= 4 is 39.2 Å². The molecule has 0 radical (unpaired) electrons. The molecule has 1 aliphatic heterocycles. The molecule has 1 heterocycles. The van der Waals surface area contributed by atoms with Gasteiger partial charge in [-0.3, -0.25) is 0 Å². The number of halogens is 1. The summed E-state index contributed by atoms with van der Waals surface area (Å²) in [4.78, 5) is -0.380. The largest absolute Gasteiger partial charge is 0.398 e. The molecule has 1 aromatic rings. The van der Waals surface area contributed by atoms with E-state index in [9.17, 15) is 12.8 Å². The fourth-order valence-corrected chi connectivity index (χ4v) is 5.70. The highest BCUT2D eigenvalue weighted by Gasteiger charge is 2.23. The number of rotatable bonds is 4. The van der Waals surface area contributed by atoms with Crippen molar-refractivity contribution in [2.24, 2.45) is 0 Å². The molecule has 0 amide bonds. The van der Waals surface area contributed by atoms with Crippen LogP contribution < -0.4 is 10.5 Å². The van der Waals surface area contributed by atoms with Gasteiger partial charge in [-0.1, -0.05) is 0 Å². The number of nitrogens with two attached hydrogens (primary N) is 1. The van der Waals surface area contributed by atoms with E-state index in [-0.39, 0.29) is 15.8 Å². The Balaban J connectivity index is 2.11. The molecule has 20 heavy (non-hydrogen) atoms. The van der Waals surface area contributed by atoms with E-state index in [1.807, 2.05) is 11.8 Å². The Morgan fingerprint density at radius 3 is 2.85 bits per heavy atom. The lowest BCUT2D eigenvalue weighted by Crippen LogP contribution is -2.34. The smallest absolute Gasteiger partial charge is 0.243 e. The number of thioether (sulfide) groups is 2. The van der Waals surface area contributed by atoms with E-state index >= 15 is 0 Å². The van der Waals surface area contributed by atoms with Crippen molar-refractivity contribution in [2.75, 3.05) is 29.5 Å². The van der Waals surface area contributed by atoms with Gasteiger partial charge in [-0.15, -0.1) is 0 Å². The minimum absolute atomic E-state index is 0.231. The molecule has 3 N–H and O–H groups in total. The third-order valence-electron chi connectivity index (χ3n) is 3.00. The van der Waals surface area contributed by atoms with Gasteiger partial charge in [-0.05, 0) is 24.6 Å². The summed E-state index contributed by atoms with van der Waals surface area (Å²) in [6.45, 7) is 1.95. The van der Waals surface area contributed by atoms with Crippen molar-refractivity contribution in [1.29, 1.82) is 0 Å². The predicted octanol–water partition coefficient (Wildman–Crippen LogP) is 1.84. The number of hydrogen-bond donors (Lipinski definition) is 2. The molecular formula is C12H17FN2O2S3. The molecule has 0 bridgehead atoms. The van der Waals surface area contributed by atoms with Crippen molar-refractivity contribution in [3.63, 3.8) is 0 Å². The van der Waals surface area contributed by atoms with Gasteiger partial charge in [-0.2, -0.15) is 23.5 Å². The maximum absolute atomic E-state index is 13.8. The standard InChI is InChI=1S/C12H17FN2O2S3/c1-8-4-10(13)12(5-11(8)14)20(16,17)15-6-9-7-18-2-3-19-9/h4-5,9,15H,2-3,6-7,14H2,1H3. The summed E-state index contributed by atoms with van der Waals surface area (Å²) in [7, 11) is -3.86. The van der Waals surface area contributed by atoms with Crippen molar-refractivity contribution in [3.05, 3.63) is 23.5 Å². The van der Waals surface area contributed by atoms with E-state index in [1.165, 1.54) is 6.07 Å². The number of aryl methyl sites for hydroxylation is 1. The van der Waals surface area contributed by atoms with Crippen molar-refractivity contribution in [1.82, 2.24) is 4.72 Å². The normalized spacial score (nSPS) is 20.0. The maximum Gasteiger partial charge on any atom is 0.243 e. The molecule has 8 heteroatoms. The first-order valence-electron chi connectivity index (χ1n) is 6.15. The summed E-state index contributed by atoms with van der Waals surface area (Å²) in [5.41, 5.74) is 6.46. The average molecular weight is 336 g/mol. The second-order valence-corrected chi connectivity index (χ2v) is 8.85. The predicted molar refractivity (Wildman–Crippen MR) is 84.3 cm³/mol. The van der Waals surface area contributed by atoms with E-state index in [0.717, 1.165) is 23.3 Å². The molecule has 0 aromatic heterocycles. The third-order valence-corrected chi connectivity index (χ3v) is 7.28. The molecule has 4 nitrogen and oxygen atoms in total. The van der Waals surface area contributed by atoms with E-state index in [1.54, 1.807) is 18.7 Å². The zero-order valence-electron chi connectivity index (χ0n) is 11.1. The first kappa shape index (κ1) is 15.9. The molecule has 112 valence electrons. The number of anilines is 1. The van der Waals surface area contributed by atoms with Crippen LogP contribution in [0.2, 0.25) is 0 Å². The summed E-state index contributed by atoms with van der Waals surface area (Å²) in [5, 5.41) is 0.231. The number of benzene rings is 1. The van der Waals surface area contributed by atoms with Gasteiger partial charge in [0.15, 0.2) is 0 Å². The van der Waals surface area contributed by atoms with Crippen LogP contribution in [-0.2, 0) is 10.0 Å². The Morgan fingerprint density at radius 2 is 2.20 bits per heavy atom. The van der Waals surface area contributed by atoms with Gasteiger partial charge in [-0.25, -0.2) is 17.5 Å². The second kappa shape index (κ2) is 6.55. The lowest BCUT2D eigenvalue weighted by atomic mass is 10.2. The SMILES string of the molecule is Cc1cc(F)c(S(=O)(=O)NCC2CSCCS2)cc1N. The summed E-state index contributed by atoms with van der Waals surface area (Å²) >= 11 is 3.55. The minimum Gasteiger partial charge on any atom is -0.398 e. The highest BCUT2D eigenvalue weighted by Crippen LogP contribution is 2.25. The van der Waals surface area contributed by atoms with Crippen LogP contribution in [0.1, 0.15) is 5.56 Å². The summed E-state index contributed by atoms with van der Waals surface area (Å²) in [6.07, 6.45) is 0. The Morgan fingerprint density at radius 1 is 1.45 bits per heavy atom. The van der Waals surface area contributed by atoms with Gasteiger partial charge in [0.25, 0.3) is 0 Å². The molecule has 0 aliphatic carbocycles. The topological polar surface area (TPSA) is 72.2 Å². The van der Waals surface area contributed by atoms with Gasteiger partial charge in [0.2, 0.25) is 10.0 Å². The van der Waals surface area contributed by atoms with Gasteiger partial charge >= 0.3 is 0 Å². The Labute approximate surface area is 127 Å². The van der Waals surface area contributed by atoms with Crippen LogP contribution in [0.4, 0.5) is 10.1 Å². The van der Waals surface area contributed by atoms with Crippen LogP contribution in [0, 0.1) is 12.7 Å². The summed E-state index contributed by atoms with van der Waals surface area (Å²) in [6, 6.07) is 2.32. The van der Waals surface area contributed by atoms with E-state index in [0.29, 0.717) is 12.1 Å². The monoisotopic (exact) mass is 336 g/mol. The first-order chi connectivity index (χ1) is 9.40. The molecule has 1 aromatic carbocycles. The Hall–Kier alpha value is -0.440. The van der Waals surface area contributed by atoms with E-state index in [4.69, 9.17) is 5.73 Å². The molecule has 1 unspecified atom stereocenters. The van der Waals surface area contributed by atoms with Crippen molar-refractivity contribution in [3.8, 4) is 0 Å². The zero-order chi connectivity index (χ0) is 14.8. The lowest BCUT2D eigenvalue weighted by molar-refractivity contribution is 0.557. The lowest BCUT2D eigenvalue weighted by Gasteiger charge is -2.21. The number of sulfonamides is 1. The molecular weight excluding hydrogens is 319 g/mol. The van der Waals surface area contributed by atoms with Crippen LogP contribution in [0.5, 0.6) is 0 Å². The van der Waals surface area contributed by atoms with Crippen molar-refractivity contribution in [2.45, 2.75) is 17.1 Å². The van der Waals surface area contributed by atoms with Gasteiger partial charge in [0.1, 0.15) is 10.7 Å². The Kier molecular flexibility index (Phi) is 5.22. The quantitative estimate of drug-likeness (QED) is 0.821. The molecule has 1 fully saturated rings. The third kappa shape index (κ3) is 3.81.